The van der Waals surface area contributed by atoms with Gasteiger partial charge in [0.2, 0.25) is 0 Å². The number of hydrogen-bond donors (Lipinski definition) is 2. The summed E-state index contributed by atoms with van der Waals surface area (Å²) in [5, 5.41) is 7.32. The topological polar surface area (TPSA) is 33.3 Å². The fraction of sp³-hybridized carbons (Fsp3) is 0.488. The van der Waals surface area contributed by atoms with Crippen LogP contribution in [0.2, 0.25) is 0 Å². The van der Waals surface area contributed by atoms with Crippen LogP contribution in [-0.2, 0) is 12.8 Å². The Labute approximate surface area is 283 Å². The zero-order chi connectivity index (χ0) is 34.2. The van der Waals surface area contributed by atoms with Gasteiger partial charge in [-0.1, -0.05) is 121 Å². The second-order valence-corrected chi connectivity index (χ2v) is 14.2. The standard InChI is InChI=1S/C43H64N2O/c1-30(2)24-41(31(3)4)27-34(7)36(9)29-44-38(11)42(28-40-22-23-43(46-12)35(8)26-40)45-37(10)19-17-16-18-32(5)33(6)25-39-20-14-13-15-21-39/h13-15,17,19-23,26,30,32-33,36,41-42,44-45H,3,7,10-11,16,18,24-25,27-29H2,1-2,4-6,8-9,12H3/b19-17+/t32?,33?,36?,41?,42-/m1/s1. The van der Waals surface area contributed by atoms with Crippen LogP contribution in [0.1, 0.15) is 83.9 Å². The van der Waals surface area contributed by atoms with E-state index in [0.29, 0.717) is 29.6 Å². The maximum absolute atomic E-state index is 5.50. The zero-order valence-corrected chi connectivity index (χ0v) is 30.4. The van der Waals surface area contributed by atoms with Gasteiger partial charge in [0.1, 0.15) is 5.75 Å². The highest BCUT2D eigenvalue weighted by molar-refractivity contribution is 5.37. The number of nitrogens with one attached hydrogen (secondary N) is 2. The van der Waals surface area contributed by atoms with Crippen molar-refractivity contribution in [3.8, 4) is 5.75 Å². The molecule has 0 heterocycles. The summed E-state index contributed by atoms with van der Waals surface area (Å²) in [6, 6.07) is 17.2. The molecule has 252 valence electrons. The Bertz CT molecular complexity index is 1290. The van der Waals surface area contributed by atoms with Crippen LogP contribution in [0.3, 0.4) is 0 Å². The first-order chi connectivity index (χ1) is 21.8. The Morgan fingerprint density at radius 1 is 0.891 bits per heavy atom. The maximum atomic E-state index is 5.50. The van der Waals surface area contributed by atoms with Gasteiger partial charge in [0.15, 0.2) is 0 Å². The van der Waals surface area contributed by atoms with E-state index in [1.165, 1.54) is 22.3 Å². The molecule has 2 aromatic rings. The van der Waals surface area contributed by atoms with E-state index >= 15 is 0 Å². The molecule has 0 saturated carbocycles. The molecule has 0 aliphatic carbocycles. The maximum Gasteiger partial charge on any atom is 0.121 e. The lowest BCUT2D eigenvalue weighted by molar-refractivity contribution is 0.365. The van der Waals surface area contributed by atoms with Crippen molar-refractivity contribution in [2.45, 2.75) is 93.0 Å². The van der Waals surface area contributed by atoms with Gasteiger partial charge in [0, 0.05) is 17.9 Å². The lowest BCUT2D eigenvalue weighted by atomic mass is 9.83. The van der Waals surface area contributed by atoms with E-state index in [4.69, 9.17) is 4.74 Å². The van der Waals surface area contributed by atoms with Crippen molar-refractivity contribution >= 4 is 0 Å². The number of allylic oxidation sites excluding steroid dienone is 3. The van der Waals surface area contributed by atoms with E-state index < -0.39 is 0 Å². The van der Waals surface area contributed by atoms with Gasteiger partial charge in [-0.2, -0.15) is 0 Å². The second kappa shape index (κ2) is 19.9. The number of rotatable bonds is 22. The third kappa shape index (κ3) is 13.9. The molecule has 2 aromatic carbocycles. The van der Waals surface area contributed by atoms with Crippen molar-refractivity contribution in [1.82, 2.24) is 10.6 Å². The Morgan fingerprint density at radius 3 is 2.20 bits per heavy atom. The minimum atomic E-state index is -0.0145. The first-order valence-electron chi connectivity index (χ1n) is 17.4. The van der Waals surface area contributed by atoms with Crippen molar-refractivity contribution in [2.75, 3.05) is 13.7 Å². The number of hydrogen-bond acceptors (Lipinski definition) is 3. The average molecular weight is 625 g/mol. The zero-order valence-electron chi connectivity index (χ0n) is 30.4. The molecule has 0 aliphatic rings. The Balaban J connectivity index is 2.01. The molecular formula is C43H64N2O. The third-order valence-corrected chi connectivity index (χ3v) is 9.45. The molecule has 0 aliphatic heterocycles. The first-order valence-corrected chi connectivity index (χ1v) is 17.4. The van der Waals surface area contributed by atoms with Gasteiger partial charge >= 0.3 is 0 Å². The molecule has 3 nitrogen and oxygen atoms in total. The largest absolute Gasteiger partial charge is 0.496 e. The summed E-state index contributed by atoms with van der Waals surface area (Å²) in [7, 11) is 1.72. The van der Waals surface area contributed by atoms with Crippen LogP contribution in [0.25, 0.3) is 0 Å². The molecule has 0 aromatic heterocycles. The summed E-state index contributed by atoms with van der Waals surface area (Å²) in [4.78, 5) is 0. The van der Waals surface area contributed by atoms with E-state index in [2.05, 4.69) is 140 Å². The molecule has 4 unspecified atom stereocenters. The Hall–Kier alpha value is -3.46. The number of aryl methyl sites for hydroxylation is 1. The summed E-state index contributed by atoms with van der Waals surface area (Å²) in [6.07, 6.45) is 10.6. The van der Waals surface area contributed by atoms with Gasteiger partial charge in [-0.25, -0.2) is 0 Å². The minimum Gasteiger partial charge on any atom is -0.496 e. The third-order valence-electron chi connectivity index (χ3n) is 9.45. The highest BCUT2D eigenvalue weighted by Crippen LogP contribution is 2.28. The van der Waals surface area contributed by atoms with Crippen LogP contribution in [0.5, 0.6) is 5.75 Å². The van der Waals surface area contributed by atoms with E-state index in [0.717, 1.165) is 67.8 Å². The summed E-state index contributed by atoms with van der Waals surface area (Å²) in [5.74, 6) is 3.64. The monoisotopic (exact) mass is 625 g/mol. The smallest absolute Gasteiger partial charge is 0.121 e. The molecule has 3 heteroatoms. The van der Waals surface area contributed by atoms with Crippen LogP contribution < -0.4 is 15.4 Å². The Kier molecular flexibility index (Phi) is 16.8. The summed E-state index contributed by atoms with van der Waals surface area (Å²) >= 11 is 0. The molecule has 2 rings (SSSR count). The molecule has 5 atom stereocenters. The van der Waals surface area contributed by atoms with Gasteiger partial charge in [0.05, 0.1) is 13.2 Å². The normalized spacial score (nSPS) is 14.7. The van der Waals surface area contributed by atoms with Crippen molar-refractivity contribution < 1.29 is 4.74 Å². The van der Waals surface area contributed by atoms with E-state index in [9.17, 15) is 0 Å². The van der Waals surface area contributed by atoms with Gasteiger partial charge in [-0.3, -0.25) is 0 Å². The minimum absolute atomic E-state index is 0.0145. The van der Waals surface area contributed by atoms with Crippen molar-refractivity contribution in [3.05, 3.63) is 126 Å². The highest BCUT2D eigenvalue weighted by atomic mass is 16.5. The average Bonchev–Trinajstić information content (AvgIpc) is 3.01. The predicted molar refractivity (Wildman–Crippen MR) is 202 cm³/mol. The molecule has 0 saturated heterocycles. The molecule has 0 fully saturated rings. The van der Waals surface area contributed by atoms with Crippen LogP contribution in [0, 0.1) is 36.5 Å². The fourth-order valence-corrected chi connectivity index (χ4v) is 5.99. The van der Waals surface area contributed by atoms with E-state index in [1.807, 2.05) is 6.07 Å². The summed E-state index contributed by atoms with van der Waals surface area (Å²) in [5.41, 5.74) is 8.16. The first kappa shape index (κ1) is 38.7. The van der Waals surface area contributed by atoms with Crippen LogP contribution in [-0.4, -0.2) is 19.7 Å². The predicted octanol–water partition coefficient (Wildman–Crippen LogP) is 10.8. The van der Waals surface area contributed by atoms with Crippen molar-refractivity contribution in [3.63, 3.8) is 0 Å². The van der Waals surface area contributed by atoms with Gasteiger partial charge in [-0.05, 0) is 111 Å². The van der Waals surface area contributed by atoms with Gasteiger partial charge < -0.3 is 15.4 Å². The quantitative estimate of drug-likeness (QED) is 0.101. The SMILES string of the molecule is C=C(/C=C/CCC(C)C(C)Cc1ccccc1)N[C@H](Cc1ccc(OC)c(C)c1)C(=C)NCC(C)C(=C)CC(CC(C)C)C(=C)C. The second-order valence-electron chi connectivity index (χ2n) is 14.2. The Morgan fingerprint density at radius 2 is 1.59 bits per heavy atom. The molecule has 0 amide bonds. The highest BCUT2D eigenvalue weighted by Gasteiger charge is 2.19. The molecular weight excluding hydrogens is 560 g/mol. The van der Waals surface area contributed by atoms with Crippen molar-refractivity contribution in [1.29, 1.82) is 0 Å². The molecule has 0 spiro atoms. The fourth-order valence-electron chi connectivity index (χ4n) is 5.99. The van der Waals surface area contributed by atoms with Crippen LogP contribution in [0.15, 0.2) is 110 Å². The van der Waals surface area contributed by atoms with Gasteiger partial charge in [-0.15, -0.1) is 0 Å². The summed E-state index contributed by atoms with van der Waals surface area (Å²) < 4.78 is 5.50. The lowest BCUT2D eigenvalue weighted by Gasteiger charge is -2.27. The van der Waals surface area contributed by atoms with Crippen LogP contribution in [0.4, 0.5) is 0 Å². The number of methoxy groups -OCH3 is 1. The summed E-state index contributed by atoms with van der Waals surface area (Å²) in [6.45, 7) is 34.2. The van der Waals surface area contributed by atoms with Gasteiger partial charge in [0.25, 0.3) is 0 Å². The molecule has 46 heavy (non-hydrogen) atoms. The number of ether oxygens (including phenoxy) is 1. The van der Waals surface area contributed by atoms with Crippen molar-refractivity contribution in [2.24, 2.45) is 29.6 Å². The van der Waals surface area contributed by atoms with E-state index in [-0.39, 0.29) is 6.04 Å². The molecule has 0 bridgehead atoms. The van der Waals surface area contributed by atoms with E-state index in [1.54, 1.807) is 7.11 Å². The molecule has 2 N–H and O–H groups in total. The molecule has 0 radical (unpaired) electrons. The lowest BCUT2D eigenvalue weighted by Crippen LogP contribution is -2.38. The van der Waals surface area contributed by atoms with Crippen LogP contribution >= 0.6 is 0 Å². The number of benzene rings is 2.